The van der Waals surface area contributed by atoms with Gasteiger partial charge in [0.15, 0.2) is 0 Å². The van der Waals surface area contributed by atoms with Gasteiger partial charge in [0.25, 0.3) is 0 Å². The monoisotopic (exact) mass is 238 g/mol. The molecule has 0 radical (unpaired) electrons. The third-order valence-electron chi connectivity index (χ3n) is 2.58. The van der Waals surface area contributed by atoms with Crippen LogP contribution in [0, 0.1) is 0 Å². The van der Waals surface area contributed by atoms with Gasteiger partial charge in [0.05, 0.1) is 16.1 Å². The van der Waals surface area contributed by atoms with E-state index in [1.54, 1.807) is 6.92 Å². The number of hydrogen-bond donors (Lipinski definition) is 1. The molecule has 16 heavy (non-hydrogen) atoms. The Bertz CT molecular complexity index is 517. The maximum absolute atomic E-state index is 9.72. The number of rotatable bonds is 2. The minimum absolute atomic E-state index is 0.217. The third kappa shape index (κ3) is 1.70. The topological polar surface area (TPSA) is 38.1 Å². The largest absolute Gasteiger partial charge is 0.385 e. The van der Waals surface area contributed by atoms with E-state index in [-0.39, 0.29) is 6.04 Å². The molecule has 86 valence electrons. The van der Waals surface area contributed by atoms with Crippen LogP contribution < -0.4 is 0 Å². The third-order valence-corrected chi connectivity index (χ3v) is 2.88. The Balaban J connectivity index is 2.83. The van der Waals surface area contributed by atoms with E-state index in [0.29, 0.717) is 10.8 Å². The molecule has 0 fully saturated rings. The number of aromatic nitrogens is 2. The van der Waals surface area contributed by atoms with Crippen LogP contribution in [0.5, 0.6) is 0 Å². The van der Waals surface area contributed by atoms with Crippen molar-refractivity contribution in [2.24, 2.45) is 0 Å². The molecule has 0 bridgehead atoms. The number of halogens is 1. The van der Waals surface area contributed by atoms with Gasteiger partial charge in [-0.1, -0.05) is 17.7 Å². The molecule has 0 saturated heterocycles. The van der Waals surface area contributed by atoms with E-state index < -0.39 is 6.10 Å². The molecule has 0 aliphatic heterocycles. The van der Waals surface area contributed by atoms with Gasteiger partial charge in [0.2, 0.25) is 0 Å². The van der Waals surface area contributed by atoms with Crippen LogP contribution in [0.15, 0.2) is 18.2 Å². The number of benzene rings is 1. The van der Waals surface area contributed by atoms with Crippen molar-refractivity contribution in [1.82, 2.24) is 9.55 Å². The van der Waals surface area contributed by atoms with Gasteiger partial charge in [-0.05, 0) is 32.9 Å². The average Bonchev–Trinajstić information content (AvgIpc) is 2.58. The summed E-state index contributed by atoms with van der Waals surface area (Å²) in [6, 6.07) is 5.84. The highest BCUT2D eigenvalue weighted by Crippen LogP contribution is 2.29. The lowest BCUT2D eigenvalue weighted by molar-refractivity contribution is 0.182. The van der Waals surface area contributed by atoms with Gasteiger partial charge in [0.1, 0.15) is 11.9 Å². The number of hydrogen-bond acceptors (Lipinski definition) is 2. The van der Waals surface area contributed by atoms with Crippen molar-refractivity contribution >= 4 is 22.6 Å². The van der Waals surface area contributed by atoms with Gasteiger partial charge >= 0.3 is 0 Å². The molecule has 1 unspecified atom stereocenters. The van der Waals surface area contributed by atoms with Gasteiger partial charge < -0.3 is 9.67 Å². The zero-order chi connectivity index (χ0) is 11.9. The summed E-state index contributed by atoms with van der Waals surface area (Å²) < 4.78 is 1.99. The second-order valence-corrected chi connectivity index (χ2v) is 4.62. The highest BCUT2D eigenvalue weighted by atomic mass is 35.5. The molecular formula is C12H15ClN2O. The van der Waals surface area contributed by atoms with Crippen LogP contribution in [0.3, 0.4) is 0 Å². The van der Waals surface area contributed by atoms with Crippen molar-refractivity contribution in [3.63, 3.8) is 0 Å². The molecule has 2 rings (SSSR count). The fourth-order valence-corrected chi connectivity index (χ4v) is 2.20. The lowest BCUT2D eigenvalue weighted by atomic mass is 10.3. The summed E-state index contributed by atoms with van der Waals surface area (Å²) in [6.45, 7) is 5.82. The Kier molecular flexibility index (Phi) is 2.91. The fourth-order valence-electron chi connectivity index (χ4n) is 1.94. The number of nitrogens with zero attached hydrogens (tertiary/aromatic N) is 2. The fraction of sp³-hybridized carbons (Fsp3) is 0.417. The van der Waals surface area contributed by atoms with Gasteiger partial charge in [-0.25, -0.2) is 4.98 Å². The lowest BCUT2D eigenvalue weighted by Crippen LogP contribution is -2.09. The van der Waals surface area contributed by atoms with Crippen LogP contribution in [0.4, 0.5) is 0 Å². The summed E-state index contributed by atoms with van der Waals surface area (Å²) in [6.07, 6.45) is -0.592. The predicted octanol–water partition coefficient (Wildman–Crippen LogP) is 3.32. The number of fused-ring (bicyclic) bond motifs is 1. The molecule has 2 aromatic rings. The first-order valence-electron chi connectivity index (χ1n) is 5.36. The zero-order valence-electron chi connectivity index (χ0n) is 9.61. The average molecular weight is 239 g/mol. The van der Waals surface area contributed by atoms with Crippen molar-refractivity contribution in [1.29, 1.82) is 0 Å². The zero-order valence-corrected chi connectivity index (χ0v) is 10.4. The molecule has 0 spiro atoms. The van der Waals surface area contributed by atoms with E-state index >= 15 is 0 Å². The van der Waals surface area contributed by atoms with Crippen molar-refractivity contribution in [2.45, 2.75) is 32.9 Å². The molecule has 1 N–H and O–H groups in total. The molecule has 4 heteroatoms. The Morgan fingerprint density at radius 2 is 2.00 bits per heavy atom. The Morgan fingerprint density at radius 1 is 1.31 bits per heavy atom. The van der Waals surface area contributed by atoms with Crippen molar-refractivity contribution in [3.8, 4) is 0 Å². The van der Waals surface area contributed by atoms with Crippen molar-refractivity contribution in [3.05, 3.63) is 29.0 Å². The number of aliphatic hydroxyl groups is 1. The molecule has 0 aliphatic rings. The minimum atomic E-state index is -0.592. The van der Waals surface area contributed by atoms with Crippen LogP contribution in [0.2, 0.25) is 5.02 Å². The van der Waals surface area contributed by atoms with E-state index in [1.807, 2.05) is 22.8 Å². The maximum Gasteiger partial charge on any atom is 0.138 e. The van der Waals surface area contributed by atoms with Crippen LogP contribution in [-0.4, -0.2) is 14.7 Å². The van der Waals surface area contributed by atoms with E-state index in [2.05, 4.69) is 18.8 Å². The molecule has 1 aromatic heterocycles. The molecule has 0 amide bonds. The molecule has 0 saturated carbocycles. The Morgan fingerprint density at radius 3 is 2.56 bits per heavy atom. The highest BCUT2D eigenvalue weighted by molar-refractivity contribution is 6.35. The number of aliphatic hydroxyl groups excluding tert-OH is 1. The summed E-state index contributed by atoms with van der Waals surface area (Å²) in [4.78, 5) is 4.42. The molecule has 3 nitrogen and oxygen atoms in total. The van der Waals surface area contributed by atoms with Gasteiger partial charge in [-0.15, -0.1) is 0 Å². The number of imidazole rings is 1. The van der Waals surface area contributed by atoms with E-state index in [4.69, 9.17) is 11.6 Å². The van der Waals surface area contributed by atoms with Crippen molar-refractivity contribution in [2.75, 3.05) is 0 Å². The first-order valence-corrected chi connectivity index (χ1v) is 5.74. The SMILES string of the molecule is CC(O)c1nc2cccc(Cl)c2n1C(C)C. The molecule has 1 heterocycles. The first-order chi connectivity index (χ1) is 7.52. The first kappa shape index (κ1) is 11.4. The number of para-hydroxylation sites is 1. The summed E-state index contributed by atoms with van der Waals surface area (Å²) in [7, 11) is 0. The normalized spacial score (nSPS) is 13.6. The summed E-state index contributed by atoms with van der Waals surface area (Å²) >= 11 is 6.18. The van der Waals surface area contributed by atoms with E-state index in [1.165, 1.54) is 0 Å². The highest BCUT2D eigenvalue weighted by Gasteiger charge is 2.18. The standard InChI is InChI=1S/C12H15ClN2O/c1-7(2)15-11-9(13)5-4-6-10(11)14-12(15)8(3)16/h4-8,16H,1-3H3. The van der Waals surface area contributed by atoms with E-state index in [0.717, 1.165) is 11.0 Å². The lowest BCUT2D eigenvalue weighted by Gasteiger charge is -2.14. The molecular weight excluding hydrogens is 224 g/mol. The van der Waals surface area contributed by atoms with Gasteiger partial charge in [-0.3, -0.25) is 0 Å². The van der Waals surface area contributed by atoms with Crippen LogP contribution in [0.25, 0.3) is 11.0 Å². The summed E-state index contributed by atoms with van der Waals surface area (Å²) in [5.74, 6) is 0.665. The Hall–Kier alpha value is -1.06. The summed E-state index contributed by atoms with van der Waals surface area (Å²) in [5, 5.41) is 10.4. The molecule has 1 atom stereocenters. The van der Waals surface area contributed by atoms with Crippen LogP contribution >= 0.6 is 11.6 Å². The quantitative estimate of drug-likeness (QED) is 0.872. The smallest absolute Gasteiger partial charge is 0.138 e. The van der Waals surface area contributed by atoms with Crippen LogP contribution in [-0.2, 0) is 0 Å². The summed E-state index contributed by atoms with van der Waals surface area (Å²) in [5.41, 5.74) is 1.73. The van der Waals surface area contributed by atoms with E-state index in [9.17, 15) is 5.11 Å². The second kappa shape index (κ2) is 4.07. The van der Waals surface area contributed by atoms with Gasteiger partial charge in [-0.2, -0.15) is 0 Å². The van der Waals surface area contributed by atoms with Crippen LogP contribution in [0.1, 0.15) is 38.7 Å². The Labute approximate surface area is 99.7 Å². The van der Waals surface area contributed by atoms with Gasteiger partial charge in [0, 0.05) is 6.04 Å². The second-order valence-electron chi connectivity index (χ2n) is 4.22. The predicted molar refractivity (Wildman–Crippen MR) is 65.8 cm³/mol. The minimum Gasteiger partial charge on any atom is -0.385 e. The molecule has 1 aromatic carbocycles. The molecule has 0 aliphatic carbocycles. The van der Waals surface area contributed by atoms with Crippen molar-refractivity contribution < 1.29 is 5.11 Å². The maximum atomic E-state index is 9.72.